The number of cyclic esters (lactones) is 1. The van der Waals surface area contributed by atoms with Crippen molar-refractivity contribution >= 4 is 25.3 Å². The summed E-state index contributed by atoms with van der Waals surface area (Å²) in [5, 5.41) is 12.0. The second kappa shape index (κ2) is 9.90. The Bertz CT molecular complexity index is 943. The van der Waals surface area contributed by atoms with E-state index in [2.05, 4.69) is 31.8 Å². The summed E-state index contributed by atoms with van der Waals surface area (Å²) < 4.78 is 5.16. The van der Waals surface area contributed by atoms with E-state index in [1.165, 1.54) is 11.3 Å². The third-order valence-corrected chi connectivity index (χ3v) is 8.49. The van der Waals surface area contributed by atoms with Crippen molar-refractivity contribution in [2.75, 3.05) is 6.61 Å². The van der Waals surface area contributed by atoms with Crippen molar-refractivity contribution in [3.63, 3.8) is 0 Å². The van der Waals surface area contributed by atoms with Crippen LogP contribution in [0.15, 0.2) is 85.1 Å². The topological polar surface area (TPSA) is 66.8 Å². The molecule has 2 aromatic rings. The van der Waals surface area contributed by atoms with Gasteiger partial charge in [0.25, 0.3) is 0 Å². The van der Waals surface area contributed by atoms with Crippen LogP contribution in [0.5, 0.6) is 0 Å². The number of hydrogen-bond acceptors (Lipinski definition) is 4. The molecule has 0 spiro atoms. The molecule has 31 heavy (non-hydrogen) atoms. The Morgan fingerprint density at radius 1 is 1.19 bits per heavy atom. The molecule has 1 saturated heterocycles. The van der Waals surface area contributed by atoms with Gasteiger partial charge in [-0.05, 0) is 12.0 Å². The highest BCUT2D eigenvalue weighted by atomic mass is 28.3. The standard InChI is InChI=1S/C25H29NO4Si/c1-4-22(23(27)15-16-31(2,3)21-13-9-6-10-14-21)24(28)26-20(18-30-25(26)29)17-19-11-7-5-8-12-19/h4-16,20,22-23,27H,1,17-18H2,2-3H3/b16-15+/t20-,22-,23+/m0/s1. The lowest BCUT2D eigenvalue weighted by Crippen LogP contribution is -2.46. The number of aliphatic hydroxyl groups is 1. The maximum atomic E-state index is 13.2. The van der Waals surface area contributed by atoms with E-state index >= 15 is 0 Å². The van der Waals surface area contributed by atoms with Crippen LogP contribution in [0, 0.1) is 5.92 Å². The van der Waals surface area contributed by atoms with Crippen LogP contribution >= 0.6 is 0 Å². The van der Waals surface area contributed by atoms with Crippen molar-refractivity contribution in [2.24, 2.45) is 5.92 Å². The van der Waals surface area contributed by atoms with Gasteiger partial charge < -0.3 is 9.84 Å². The fourth-order valence-electron chi connectivity index (χ4n) is 3.74. The van der Waals surface area contributed by atoms with Gasteiger partial charge in [0.05, 0.1) is 18.1 Å². The van der Waals surface area contributed by atoms with Gasteiger partial charge in [-0.2, -0.15) is 0 Å². The normalized spacial score (nSPS) is 18.6. The number of aliphatic hydroxyl groups excluding tert-OH is 1. The fraction of sp³-hybridized carbons (Fsp3) is 0.280. The second-order valence-electron chi connectivity index (χ2n) is 8.33. The average molecular weight is 436 g/mol. The van der Waals surface area contributed by atoms with Crippen LogP contribution in [0.4, 0.5) is 4.79 Å². The van der Waals surface area contributed by atoms with Crippen LogP contribution in [0.2, 0.25) is 13.1 Å². The number of benzene rings is 2. The molecule has 0 radical (unpaired) electrons. The van der Waals surface area contributed by atoms with E-state index in [1.54, 1.807) is 6.08 Å². The van der Waals surface area contributed by atoms with Gasteiger partial charge in [0.15, 0.2) is 0 Å². The van der Waals surface area contributed by atoms with E-state index in [9.17, 15) is 14.7 Å². The van der Waals surface area contributed by atoms with E-state index < -0.39 is 38.1 Å². The zero-order chi connectivity index (χ0) is 22.4. The third kappa shape index (κ3) is 5.40. The summed E-state index contributed by atoms with van der Waals surface area (Å²) >= 11 is 0. The molecule has 1 N–H and O–H groups in total. The Morgan fingerprint density at radius 2 is 1.81 bits per heavy atom. The quantitative estimate of drug-likeness (QED) is 0.509. The molecule has 1 heterocycles. The van der Waals surface area contributed by atoms with Gasteiger partial charge in [-0.1, -0.05) is 96.8 Å². The summed E-state index contributed by atoms with van der Waals surface area (Å²) in [7, 11) is -1.94. The Kier molecular flexibility index (Phi) is 7.25. The Hall–Kier alpha value is -2.96. The zero-order valence-electron chi connectivity index (χ0n) is 18.0. The number of carbonyl (C=O) groups excluding carboxylic acids is 2. The molecular formula is C25H29NO4Si. The molecule has 3 rings (SSSR count). The van der Waals surface area contributed by atoms with Crippen LogP contribution in [-0.4, -0.2) is 48.8 Å². The van der Waals surface area contributed by atoms with Crippen LogP contribution in [0.3, 0.4) is 0 Å². The van der Waals surface area contributed by atoms with Crippen molar-refractivity contribution in [2.45, 2.75) is 31.7 Å². The summed E-state index contributed by atoms with van der Waals surface area (Å²) in [5.41, 5.74) is 3.02. The summed E-state index contributed by atoms with van der Waals surface area (Å²) in [5.74, 6) is -1.42. The van der Waals surface area contributed by atoms with Crippen molar-refractivity contribution in [1.82, 2.24) is 4.90 Å². The van der Waals surface area contributed by atoms with Crippen molar-refractivity contribution in [3.8, 4) is 0 Å². The molecule has 0 bridgehead atoms. The Balaban J connectivity index is 1.74. The second-order valence-corrected chi connectivity index (χ2v) is 12.7. The number of imide groups is 1. The average Bonchev–Trinajstić information content (AvgIpc) is 3.14. The predicted molar refractivity (Wildman–Crippen MR) is 125 cm³/mol. The first-order valence-corrected chi connectivity index (χ1v) is 13.5. The van der Waals surface area contributed by atoms with Gasteiger partial charge in [-0.3, -0.25) is 4.79 Å². The zero-order valence-corrected chi connectivity index (χ0v) is 19.0. The smallest absolute Gasteiger partial charge is 0.417 e. The number of nitrogens with zero attached hydrogens (tertiary/aromatic N) is 1. The number of rotatable bonds is 8. The minimum absolute atomic E-state index is 0.142. The Labute approximate surface area is 184 Å². The molecule has 1 aliphatic rings. The van der Waals surface area contributed by atoms with Crippen molar-refractivity contribution < 1.29 is 19.4 Å². The molecule has 1 aliphatic heterocycles. The van der Waals surface area contributed by atoms with Gasteiger partial charge in [0, 0.05) is 0 Å². The molecule has 6 heteroatoms. The highest BCUT2D eigenvalue weighted by molar-refractivity contribution is 6.93. The molecule has 162 valence electrons. The first-order chi connectivity index (χ1) is 14.8. The summed E-state index contributed by atoms with van der Waals surface area (Å²) in [6.07, 6.45) is 1.82. The third-order valence-electron chi connectivity index (χ3n) is 5.65. The van der Waals surface area contributed by atoms with Gasteiger partial charge >= 0.3 is 6.09 Å². The highest BCUT2D eigenvalue weighted by Gasteiger charge is 2.41. The maximum absolute atomic E-state index is 13.2. The number of carbonyl (C=O) groups is 2. The van der Waals surface area contributed by atoms with Crippen LogP contribution in [0.25, 0.3) is 0 Å². The maximum Gasteiger partial charge on any atom is 0.417 e. The first kappa shape index (κ1) is 22.7. The molecule has 2 amide bonds. The lowest BCUT2D eigenvalue weighted by molar-refractivity contribution is -0.134. The first-order valence-electron chi connectivity index (χ1n) is 10.4. The largest absolute Gasteiger partial charge is 0.447 e. The van der Waals surface area contributed by atoms with E-state index in [4.69, 9.17) is 4.74 Å². The molecule has 0 unspecified atom stereocenters. The SMILES string of the molecule is C=C[C@H](C(=O)N1C(=O)OC[C@@H]1Cc1ccccc1)[C@H](O)/C=C/[Si](C)(C)c1ccccc1. The van der Waals surface area contributed by atoms with Gasteiger partial charge in [-0.25, -0.2) is 9.69 Å². The molecule has 3 atom stereocenters. The van der Waals surface area contributed by atoms with E-state index in [0.29, 0.717) is 6.42 Å². The molecule has 2 aromatic carbocycles. The van der Waals surface area contributed by atoms with E-state index in [0.717, 1.165) is 10.5 Å². The molecule has 0 saturated carbocycles. The number of ether oxygens (including phenoxy) is 1. The van der Waals surface area contributed by atoms with E-state index in [1.807, 2.05) is 54.2 Å². The monoisotopic (exact) mass is 435 g/mol. The van der Waals surface area contributed by atoms with Crippen molar-refractivity contribution in [3.05, 3.63) is 90.7 Å². The summed E-state index contributed by atoms with van der Waals surface area (Å²) in [4.78, 5) is 26.6. The minimum atomic E-state index is -1.94. The van der Waals surface area contributed by atoms with Gasteiger partial charge in [0.1, 0.15) is 14.7 Å². The molecule has 0 aliphatic carbocycles. The highest BCUT2D eigenvalue weighted by Crippen LogP contribution is 2.22. The molecule has 5 nitrogen and oxygen atoms in total. The lowest BCUT2D eigenvalue weighted by Gasteiger charge is -2.25. The Morgan fingerprint density at radius 3 is 2.42 bits per heavy atom. The number of hydrogen-bond donors (Lipinski definition) is 1. The minimum Gasteiger partial charge on any atom is -0.447 e. The predicted octanol–water partition coefficient (Wildman–Crippen LogP) is 3.45. The molecular weight excluding hydrogens is 406 g/mol. The molecule has 0 aromatic heterocycles. The van der Waals surface area contributed by atoms with Gasteiger partial charge in [-0.15, -0.1) is 6.58 Å². The summed E-state index contributed by atoms with van der Waals surface area (Å²) in [6.45, 7) is 8.21. The van der Waals surface area contributed by atoms with Crippen LogP contribution in [0.1, 0.15) is 5.56 Å². The van der Waals surface area contributed by atoms with Crippen molar-refractivity contribution in [1.29, 1.82) is 0 Å². The van der Waals surface area contributed by atoms with E-state index in [-0.39, 0.29) is 6.61 Å². The number of amides is 2. The van der Waals surface area contributed by atoms with Crippen LogP contribution in [-0.2, 0) is 16.0 Å². The van der Waals surface area contributed by atoms with Gasteiger partial charge in [0.2, 0.25) is 5.91 Å². The lowest BCUT2D eigenvalue weighted by atomic mass is 9.99. The summed E-state index contributed by atoms with van der Waals surface area (Å²) in [6, 6.07) is 19.4. The fourth-order valence-corrected chi connectivity index (χ4v) is 5.66. The van der Waals surface area contributed by atoms with Crippen LogP contribution < -0.4 is 5.19 Å². The molecule has 1 fully saturated rings.